The van der Waals surface area contributed by atoms with E-state index in [9.17, 15) is 13.6 Å². The van der Waals surface area contributed by atoms with E-state index in [4.69, 9.17) is 4.42 Å². The fraction of sp³-hybridized carbons (Fsp3) is 0.222. The van der Waals surface area contributed by atoms with E-state index in [-0.39, 0.29) is 16.4 Å². The highest BCUT2D eigenvalue weighted by molar-refractivity contribution is 5.77. The molecule has 5 aromatic rings. The van der Waals surface area contributed by atoms with E-state index in [0.717, 1.165) is 41.7 Å². The van der Waals surface area contributed by atoms with E-state index in [0.29, 0.717) is 31.0 Å². The topological polar surface area (TPSA) is 64.2 Å². The molecule has 35 heavy (non-hydrogen) atoms. The van der Waals surface area contributed by atoms with Gasteiger partial charge in [-0.05, 0) is 49.2 Å². The number of nitrogens with zero attached hydrogens (tertiary/aromatic N) is 4. The Morgan fingerprint density at radius 1 is 1.03 bits per heavy atom. The van der Waals surface area contributed by atoms with Gasteiger partial charge >= 0.3 is 0 Å². The van der Waals surface area contributed by atoms with Gasteiger partial charge in [-0.3, -0.25) is 14.7 Å². The quantitative estimate of drug-likeness (QED) is 0.309. The van der Waals surface area contributed by atoms with Gasteiger partial charge in [-0.2, -0.15) is 0 Å². The van der Waals surface area contributed by atoms with Crippen LogP contribution in [-0.2, 0) is 19.6 Å². The lowest BCUT2D eigenvalue weighted by Gasteiger charge is -2.23. The maximum atomic E-state index is 13.8. The average molecular weight is 475 g/mol. The van der Waals surface area contributed by atoms with Crippen LogP contribution >= 0.6 is 0 Å². The Morgan fingerprint density at radius 3 is 2.63 bits per heavy atom. The highest BCUT2D eigenvalue weighted by atomic mass is 19.2. The summed E-state index contributed by atoms with van der Waals surface area (Å²) < 4.78 is 35.3. The molecule has 0 aliphatic carbocycles. The summed E-state index contributed by atoms with van der Waals surface area (Å²) in [5.74, 6) is -1.71. The summed E-state index contributed by atoms with van der Waals surface area (Å²) in [5.41, 5.74) is 3.23. The highest BCUT2D eigenvalue weighted by Crippen LogP contribution is 2.21. The standard InChI is InChI=1S/C27H24F2N4O2/c1-18-21(27(34)20-13-22(28)23(29)14-26(20)35-18)16-32(15-19-7-9-30-10-8-19)11-4-12-33-17-31-24-5-2-3-6-25(24)33/h2-3,5-10,13-14,17H,4,11-12,15-16H2,1H3. The van der Waals surface area contributed by atoms with Crippen molar-refractivity contribution in [2.75, 3.05) is 6.54 Å². The van der Waals surface area contributed by atoms with Crippen LogP contribution in [0.4, 0.5) is 8.78 Å². The smallest absolute Gasteiger partial charge is 0.197 e. The number of para-hydroxylation sites is 2. The minimum atomic E-state index is -1.07. The van der Waals surface area contributed by atoms with E-state index < -0.39 is 11.6 Å². The monoisotopic (exact) mass is 474 g/mol. The molecule has 6 nitrogen and oxygen atoms in total. The number of benzene rings is 2. The van der Waals surface area contributed by atoms with Gasteiger partial charge in [-0.25, -0.2) is 13.8 Å². The summed E-state index contributed by atoms with van der Waals surface area (Å²) >= 11 is 0. The van der Waals surface area contributed by atoms with Gasteiger partial charge in [-0.15, -0.1) is 0 Å². The van der Waals surface area contributed by atoms with E-state index >= 15 is 0 Å². The van der Waals surface area contributed by atoms with Crippen LogP contribution in [0.1, 0.15) is 23.3 Å². The first-order chi connectivity index (χ1) is 17.0. The Labute approximate surface area is 200 Å². The number of aryl methyl sites for hydroxylation is 2. The average Bonchev–Trinajstić information content (AvgIpc) is 3.27. The summed E-state index contributed by atoms with van der Waals surface area (Å²) in [5, 5.41) is 0.0400. The number of halogens is 2. The van der Waals surface area contributed by atoms with Crippen molar-refractivity contribution in [3.8, 4) is 0 Å². The van der Waals surface area contributed by atoms with Gasteiger partial charge in [0.1, 0.15) is 11.3 Å². The third-order valence-electron chi connectivity index (χ3n) is 6.17. The highest BCUT2D eigenvalue weighted by Gasteiger charge is 2.18. The molecule has 0 unspecified atom stereocenters. The molecule has 0 fully saturated rings. The predicted octanol–water partition coefficient (Wildman–Crippen LogP) is 5.22. The van der Waals surface area contributed by atoms with E-state index in [1.165, 1.54) is 0 Å². The van der Waals surface area contributed by atoms with Gasteiger partial charge in [0.05, 0.1) is 28.3 Å². The largest absolute Gasteiger partial charge is 0.461 e. The molecule has 0 N–H and O–H groups in total. The number of fused-ring (bicyclic) bond motifs is 2. The number of aromatic nitrogens is 3. The molecule has 0 aliphatic rings. The van der Waals surface area contributed by atoms with Crippen molar-refractivity contribution in [1.82, 2.24) is 19.4 Å². The third-order valence-corrected chi connectivity index (χ3v) is 6.17. The van der Waals surface area contributed by atoms with Gasteiger partial charge < -0.3 is 8.98 Å². The van der Waals surface area contributed by atoms with Crippen molar-refractivity contribution >= 4 is 22.0 Å². The zero-order valence-corrected chi connectivity index (χ0v) is 19.2. The van der Waals surface area contributed by atoms with Crippen LogP contribution in [0, 0.1) is 18.6 Å². The second-order valence-electron chi connectivity index (χ2n) is 8.57. The van der Waals surface area contributed by atoms with Crippen LogP contribution in [0.5, 0.6) is 0 Å². The molecule has 0 aliphatic heterocycles. The van der Waals surface area contributed by atoms with Crippen molar-refractivity contribution in [3.63, 3.8) is 0 Å². The second-order valence-corrected chi connectivity index (χ2v) is 8.57. The zero-order chi connectivity index (χ0) is 24.4. The third kappa shape index (κ3) is 4.83. The van der Waals surface area contributed by atoms with Gasteiger partial charge in [-0.1, -0.05) is 12.1 Å². The maximum Gasteiger partial charge on any atom is 0.197 e. The lowest BCUT2D eigenvalue weighted by Crippen LogP contribution is -2.28. The molecule has 0 bridgehead atoms. The molecule has 0 atom stereocenters. The van der Waals surface area contributed by atoms with Crippen LogP contribution in [0.15, 0.2) is 76.5 Å². The minimum Gasteiger partial charge on any atom is -0.461 e. The first kappa shape index (κ1) is 22.9. The summed E-state index contributed by atoms with van der Waals surface area (Å²) in [6.07, 6.45) is 6.13. The van der Waals surface area contributed by atoms with Gasteiger partial charge in [0.2, 0.25) is 0 Å². The lowest BCUT2D eigenvalue weighted by molar-refractivity contribution is 0.245. The van der Waals surface area contributed by atoms with Crippen LogP contribution < -0.4 is 5.43 Å². The Hall–Kier alpha value is -3.91. The van der Waals surface area contributed by atoms with Gasteiger partial charge in [0, 0.05) is 44.6 Å². The molecule has 3 heterocycles. The molecule has 8 heteroatoms. The number of hydrogen-bond acceptors (Lipinski definition) is 5. The zero-order valence-electron chi connectivity index (χ0n) is 19.2. The second kappa shape index (κ2) is 9.76. The van der Waals surface area contributed by atoms with Crippen molar-refractivity contribution in [3.05, 3.63) is 106 Å². The molecule has 5 rings (SSSR count). The van der Waals surface area contributed by atoms with Crippen molar-refractivity contribution < 1.29 is 13.2 Å². The first-order valence-corrected chi connectivity index (χ1v) is 11.4. The van der Waals surface area contributed by atoms with Crippen LogP contribution in [-0.4, -0.2) is 26.0 Å². The van der Waals surface area contributed by atoms with E-state index in [1.807, 2.05) is 42.7 Å². The van der Waals surface area contributed by atoms with Gasteiger partial charge in [0.15, 0.2) is 17.1 Å². The molecular weight excluding hydrogens is 450 g/mol. The lowest BCUT2D eigenvalue weighted by atomic mass is 10.1. The number of imidazole rings is 1. The molecular formula is C27H24F2N4O2. The predicted molar refractivity (Wildman–Crippen MR) is 130 cm³/mol. The number of hydrogen-bond donors (Lipinski definition) is 0. The molecule has 0 radical (unpaired) electrons. The van der Waals surface area contributed by atoms with Crippen LogP contribution in [0.25, 0.3) is 22.0 Å². The molecule has 0 saturated carbocycles. The van der Waals surface area contributed by atoms with E-state index in [2.05, 4.69) is 19.4 Å². The molecule has 0 spiro atoms. The first-order valence-electron chi connectivity index (χ1n) is 11.4. The Kier molecular flexibility index (Phi) is 6.37. The molecule has 3 aromatic heterocycles. The molecule has 2 aromatic carbocycles. The van der Waals surface area contributed by atoms with E-state index in [1.54, 1.807) is 19.3 Å². The van der Waals surface area contributed by atoms with Crippen LogP contribution in [0.2, 0.25) is 0 Å². The SMILES string of the molecule is Cc1oc2cc(F)c(F)cc2c(=O)c1CN(CCCn1cnc2ccccc21)Cc1ccncc1. The maximum absolute atomic E-state index is 13.8. The van der Waals surface area contributed by atoms with Gasteiger partial charge in [0.25, 0.3) is 0 Å². The van der Waals surface area contributed by atoms with Crippen molar-refractivity contribution in [2.45, 2.75) is 33.0 Å². The normalized spacial score (nSPS) is 11.7. The number of pyridine rings is 1. The molecule has 0 amide bonds. The minimum absolute atomic E-state index is 0.0400. The number of rotatable bonds is 8. The van der Waals surface area contributed by atoms with Crippen LogP contribution in [0.3, 0.4) is 0 Å². The summed E-state index contributed by atoms with van der Waals surface area (Å²) in [6, 6.07) is 13.7. The Balaban J connectivity index is 1.40. The fourth-order valence-electron chi connectivity index (χ4n) is 4.36. The Morgan fingerprint density at radius 2 is 1.80 bits per heavy atom. The molecule has 0 saturated heterocycles. The summed E-state index contributed by atoms with van der Waals surface area (Å²) in [6.45, 7) is 4.06. The fourth-order valence-corrected chi connectivity index (χ4v) is 4.36. The van der Waals surface area contributed by atoms with Crippen molar-refractivity contribution in [2.24, 2.45) is 0 Å². The Bertz CT molecular complexity index is 1550. The molecule has 178 valence electrons. The summed E-state index contributed by atoms with van der Waals surface area (Å²) in [4.78, 5) is 23.9. The van der Waals surface area contributed by atoms with Crippen molar-refractivity contribution in [1.29, 1.82) is 0 Å². The summed E-state index contributed by atoms with van der Waals surface area (Å²) in [7, 11) is 0.